The van der Waals surface area contributed by atoms with Gasteiger partial charge in [-0.2, -0.15) is 0 Å². The molecule has 0 spiro atoms. The van der Waals surface area contributed by atoms with Gasteiger partial charge in [-0.05, 0) is 63.5 Å². The lowest BCUT2D eigenvalue weighted by molar-refractivity contribution is 0.00578. The zero-order valence-electron chi connectivity index (χ0n) is 17.2. The van der Waals surface area contributed by atoms with Crippen LogP contribution in [0, 0.1) is 0 Å². The Balaban J connectivity index is 1.37. The standard InChI is InChI=1S/C24H24BNO3/c1-23(2)24(3,4)29-25(28-23)16-9-11-17(12-10-16)26-18-13-14-20-19-7-5-6-8-21(19)27-22(20)15-18/h5-15,26H,1-4H3. The van der Waals surface area contributed by atoms with Crippen molar-refractivity contribution in [2.75, 3.05) is 5.32 Å². The molecule has 29 heavy (non-hydrogen) atoms. The summed E-state index contributed by atoms with van der Waals surface area (Å²) in [5, 5.41) is 5.72. The van der Waals surface area contributed by atoms with Crippen LogP contribution in [0.1, 0.15) is 27.7 Å². The molecule has 0 aliphatic carbocycles. The van der Waals surface area contributed by atoms with E-state index in [0.717, 1.165) is 38.8 Å². The van der Waals surface area contributed by atoms with E-state index in [-0.39, 0.29) is 18.3 Å². The van der Waals surface area contributed by atoms with Gasteiger partial charge in [0.1, 0.15) is 11.2 Å². The van der Waals surface area contributed by atoms with Gasteiger partial charge >= 0.3 is 7.12 Å². The molecular formula is C24H24BNO3. The highest BCUT2D eigenvalue weighted by molar-refractivity contribution is 6.62. The molecule has 5 heteroatoms. The second-order valence-corrected chi connectivity index (χ2v) is 8.64. The summed E-state index contributed by atoms with van der Waals surface area (Å²) in [6.45, 7) is 8.27. The number of anilines is 2. The van der Waals surface area contributed by atoms with E-state index in [2.05, 4.69) is 51.2 Å². The number of nitrogens with one attached hydrogen (secondary N) is 1. The Kier molecular flexibility index (Phi) is 4.02. The normalized spacial score (nSPS) is 17.9. The molecule has 0 bridgehead atoms. The second-order valence-electron chi connectivity index (χ2n) is 8.64. The highest BCUT2D eigenvalue weighted by Crippen LogP contribution is 2.36. The molecule has 4 nitrogen and oxygen atoms in total. The van der Waals surface area contributed by atoms with Gasteiger partial charge in [0.15, 0.2) is 0 Å². The van der Waals surface area contributed by atoms with E-state index in [1.807, 2.05) is 48.5 Å². The summed E-state index contributed by atoms with van der Waals surface area (Å²) in [4.78, 5) is 0. The minimum Gasteiger partial charge on any atom is -0.456 e. The van der Waals surface area contributed by atoms with Gasteiger partial charge in [-0.15, -0.1) is 0 Å². The van der Waals surface area contributed by atoms with E-state index in [9.17, 15) is 0 Å². The van der Waals surface area contributed by atoms with E-state index in [1.165, 1.54) is 0 Å². The molecule has 1 aliphatic heterocycles. The van der Waals surface area contributed by atoms with Gasteiger partial charge in [0.05, 0.1) is 11.2 Å². The first kappa shape index (κ1) is 18.3. The maximum absolute atomic E-state index is 6.13. The Hall–Kier alpha value is -2.76. The molecule has 1 saturated heterocycles. The third-order valence-electron chi connectivity index (χ3n) is 6.10. The molecule has 4 aromatic rings. The van der Waals surface area contributed by atoms with Crippen molar-refractivity contribution in [3.05, 3.63) is 66.7 Å². The molecule has 0 amide bonds. The number of furan rings is 1. The topological polar surface area (TPSA) is 43.6 Å². The van der Waals surface area contributed by atoms with Gasteiger partial charge in [-0.1, -0.05) is 30.3 Å². The molecule has 3 aromatic carbocycles. The molecule has 1 aliphatic rings. The van der Waals surface area contributed by atoms with E-state index < -0.39 is 0 Å². The van der Waals surface area contributed by atoms with Gasteiger partial charge < -0.3 is 19.0 Å². The van der Waals surface area contributed by atoms with Crippen molar-refractivity contribution < 1.29 is 13.7 Å². The van der Waals surface area contributed by atoms with Gasteiger partial charge in [0.2, 0.25) is 0 Å². The molecule has 0 radical (unpaired) electrons. The quantitative estimate of drug-likeness (QED) is 0.465. The Morgan fingerprint density at radius 2 is 1.31 bits per heavy atom. The molecule has 1 fully saturated rings. The summed E-state index contributed by atoms with van der Waals surface area (Å²) in [5.41, 5.74) is 4.12. The van der Waals surface area contributed by atoms with Crippen molar-refractivity contribution in [2.24, 2.45) is 0 Å². The summed E-state index contributed by atoms with van der Waals surface area (Å²) in [7, 11) is -0.346. The number of fused-ring (bicyclic) bond motifs is 3. The number of hydrogen-bond donors (Lipinski definition) is 1. The fourth-order valence-electron chi connectivity index (χ4n) is 3.67. The first-order chi connectivity index (χ1) is 13.8. The van der Waals surface area contributed by atoms with E-state index in [0.29, 0.717) is 0 Å². The van der Waals surface area contributed by atoms with Gasteiger partial charge in [0.25, 0.3) is 0 Å². The number of hydrogen-bond acceptors (Lipinski definition) is 4. The van der Waals surface area contributed by atoms with Crippen molar-refractivity contribution in [2.45, 2.75) is 38.9 Å². The van der Waals surface area contributed by atoms with Crippen LogP contribution >= 0.6 is 0 Å². The zero-order chi connectivity index (χ0) is 20.2. The van der Waals surface area contributed by atoms with Gasteiger partial charge in [-0.3, -0.25) is 0 Å². The molecule has 0 atom stereocenters. The summed E-state index contributed by atoms with van der Waals surface area (Å²) in [6, 6.07) is 22.5. The monoisotopic (exact) mass is 385 g/mol. The number of para-hydroxylation sites is 1. The van der Waals surface area contributed by atoms with Crippen molar-refractivity contribution in [3.63, 3.8) is 0 Å². The lowest BCUT2D eigenvalue weighted by Gasteiger charge is -2.32. The molecule has 5 rings (SSSR count). The fraction of sp³-hybridized carbons (Fsp3) is 0.250. The molecule has 1 N–H and O–H groups in total. The largest absolute Gasteiger partial charge is 0.494 e. The first-order valence-corrected chi connectivity index (χ1v) is 9.96. The van der Waals surface area contributed by atoms with Crippen molar-refractivity contribution in [1.29, 1.82) is 0 Å². The van der Waals surface area contributed by atoms with Crippen LogP contribution in [-0.4, -0.2) is 18.3 Å². The van der Waals surface area contributed by atoms with Crippen molar-refractivity contribution in [1.82, 2.24) is 0 Å². The van der Waals surface area contributed by atoms with Crippen molar-refractivity contribution >= 4 is 45.9 Å². The van der Waals surface area contributed by atoms with Crippen LogP contribution in [0.4, 0.5) is 11.4 Å². The van der Waals surface area contributed by atoms with Crippen LogP contribution in [0.15, 0.2) is 71.1 Å². The second kappa shape index (κ2) is 6.38. The molecular weight excluding hydrogens is 361 g/mol. The number of benzene rings is 3. The van der Waals surface area contributed by atoms with Crippen LogP contribution < -0.4 is 10.8 Å². The average molecular weight is 385 g/mol. The predicted octanol–water partition coefficient (Wildman–Crippen LogP) is 5.63. The summed E-state index contributed by atoms with van der Waals surface area (Å²) >= 11 is 0. The summed E-state index contributed by atoms with van der Waals surface area (Å²) in [6.07, 6.45) is 0. The van der Waals surface area contributed by atoms with E-state index in [1.54, 1.807) is 0 Å². The lowest BCUT2D eigenvalue weighted by Crippen LogP contribution is -2.41. The average Bonchev–Trinajstić information content (AvgIpc) is 3.15. The van der Waals surface area contributed by atoms with Crippen LogP contribution in [0.2, 0.25) is 0 Å². The van der Waals surface area contributed by atoms with Crippen LogP contribution in [0.5, 0.6) is 0 Å². The fourth-order valence-corrected chi connectivity index (χ4v) is 3.67. The third-order valence-corrected chi connectivity index (χ3v) is 6.10. The Bertz CT molecular complexity index is 1180. The van der Waals surface area contributed by atoms with Crippen LogP contribution in [0.25, 0.3) is 21.9 Å². The van der Waals surface area contributed by atoms with Crippen molar-refractivity contribution in [3.8, 4) is 0 Å². The molecule has 0 unspecified atom stereocenters. The molecule has 146 valence electrons. The van der Waals surface area contributed by atoms with Gasteiger partial charge in [0, 0.05) is 28.2 Å². The molecule has 1 aromatic heterocycles. The maximum atomic E-state index is 6.13. The highest BCUT2D eigenvalue weighted by Gasteiger charge is 2.51. The predicted molar refractivity (Wildman–Crippen MR) is 119 cm³/mol. The Morgan fingerprint density at radius 1 is 0.690 bits per heavy atom. The maximum Gasteiger partial charge on any atom is 0.494 e. The highest BCUT2D eigenvalue weighted by atomic mass is 16.7. The minimum atomic E-state index is -0.346. The Morgan fingerprint density at radius 3 is 2.03 bits per heavy atom. The first-order valence-electron chi connectivity index (χ1n) is 9.96. The summed E-state index contributed by atoms with van der Waals surface area (Å²) < 4.78 is 18.2. The zero-order valence-corrected chi connectivity index (χ0v) is 17.2. The lowest BCUT2D eigenvalue weighted by atomic mass is 9.79. The third kappa shape index (κ3) is 3.11. The van der Waals surface area contributed by atoms with Crippen LogP contribution in [-0.2, 0) is 9.31 Å². The van der Waals surface area contributed by atoms with E-state index >= 15 is 0 Å². The molecule has 2 heterocycles. The Labute approximate surface area is 170 Å². The van der Waals surface area contributed by atoms with Crippen LogP contribution in [0.3, 0.4) is 0 Å². The smallest absolute Gasteiger partial charge is 0.456 e. The minimum absolute atomic E-state index is 0.337. The SMILES string of the molecule is CC1(C)OB(c2ccc(Nc3ccc4c(c3)oc3ccccc34)cc2)OC1(C)C. The van der Waals surface area contributed by atoms with E-state index in [4.69, 9.17) is 13.7 Å². The van der Waals surface area contributed by atoms with Gasteiger partial charge in [-0.25, -0.2) is 0 Å². The number of rotatable bonds is 3. The summed E-state index contributed by atoms with van der Waals surface area (Å²) in [5.74, 6) is 0. The molecule has 0 saturated carbocycles.